The van der Waals surface area contributed by atoms with E-state index in [1.165, 1.54) is 0 Å². The van der Waals surface area contributed by atoms with E-state index in [1.54, 1.807) is 0 Å². The zero-order valence-electron chi connectivity index (χ0n) is 8.66. The van der Waals surface area contributed by atoms with Gasteiger partial charge in [0, 0.05) is 4.47 Å². The Bertz CT molecular complexity index is 256. The molecule has 3 heteroatoms. The highest BCUT2D eigenvalue weighted by atomic mass is 79.9. The van der Waals surface area contributed by atoms with E-state index in [2.05, 4.69) is 34.7 Å². The van der Waals surface area contributed by atoms with E-state index in [9.17, 15) is 0 Å². The molecule has 0 bridgehead atoms. The quantitative estimate of drug-likeness (QED) is 0.752. The summed E-state index contributed by atoms with van der Waals surface area (Å²) in [7, 11) is 0. The molecule has 0 atom stereocenters. The fraction of sp³-hybridized carbons (Fsp3) is 0.455. The largest absolute Gasteiger partial charge is 0.478 e. The van der Waals surface area contributed by atoms with Crippen LogP contribution in [-0.4, -0.2) is 24.7 Å². The van der Waals surface area contributed by atoms with Crippen molar-refractivity contribution in [3.05, 3.63) is 28.7 Å². The van der Waals surface area contributed by atoms with Gasteiger partial charge >= 0.3 is 0 Å². The Morgan fingerprint density at radius 2 is 1.71 bits per heavy atom. The van der Waals surface area contributed by atoms with Crippen LogP contribution >= 0.6 is 15.9 Å². The number of rotatable bonds is 5. The minimum absolute atomic E-state index is 0.661. The smallest absolute Gasteiger partial charge is 0.142 e. The zero-order valence-corrected chi connectivity index (χ0v) is 10.3. The molecule has 0 amide bonds. The molecule has 0 heterocycles. The molecule has 78 valence electrons. The zero-order chi connectivity index (χ0) is 10.4. The van der Waals surface area contributed by atoms with Crippen molar-refractivity contribution in [2.45, 2.75) is 13.8 Å². The molecule has 0 saturated heterocycles. The number of hydrogen-bond acceptors (Lipinski definition) is 2. The van der Waals surface area contributed by atoms with E-state index in [4.69, 9.17) is 4.74 Å². The number of nitrogens with zero attached hydrogens (tertiary/aromatic N) is 1. The lowest BCUT2D eigenvalue weighted by atomic mass is 10.3. The van der Waals surface area contributed by atoms with Crippen molar-refractivity contribution in [3.8, 4) is 5.75 Å². The summed E-state index contributed by atoms with van der Waals surface area (Å²) in [6.07, 6.45) is 0. The second-order valence-electron chi connectivity index (χ2n) is 3.03. The first-order valence-electron chi connectivity index (χ1n) is 4.87. The molecule has 0 aliphatic rings. The summed E-state index contributed by atoms with van der Waals surface area (Å²) in [5.74, 6) is 0.917. The van der Waals surface area contributed by atoms with Crippen molar-refractivity contribution in [1.82, 2.24) is 4.90 Å². The SMILES string of the molecule is CCN(CC)COc1ccc(Br)cc1. The van der Waals surface area contributed by atoms with Crippen molar-refractivity contribution in [3.63, 3.8) is 0 Å². The van der Waals surface area contributed by atoms with Gasteiger partial charge in [0.05, 0.1) is 0 Å². The lowest BCUT2D eigenvalue weighted by molar-refractivity contribution is 0.137. The van der Waals surface area contributed by atoms with E-state index in [0.29, 0.717) is 6.73 Å². The fourth-order valence-electron chi connectivity index (χ4n) is 1.10. The van der Waals surface area contributed by atoms with Crippen LogP contribution in [0.2, 0.25) is 0 Å². The summed E-state index contributed by atoms with van der Waals surface area (Å²) in [6.45, 7) is 6.97. The van der Waals surface area contributed by atoms with Crippen LogP contribution in [0.1, 0.15) is 13.8 Å². The molecular formula is C11H16BrNO. The molecule has 0 aliphatic carbocycles. The van der Waals surface area contributed by atoms with E-state index >= 15 is 0 Å². The summed E-state index contributed by atoms with van der Waals surface area (Å²) in [5.41, 5.74) is 0. The topological polar surface area (TPSA) is 12.5 Å². The van der Waals surface area contributed by atoms with Crippen LogP contribution < -0.4 is 4.74 Å². The average Bonchev–Trinajstić information content (AvgIpc) is 2.22. The van der Waals surface area contributed by atoms with Gasteiger partial charge in [0.15, 0.2) is 0 Å². The number of ether oxygens (including phenoxy) is 1. The van der Waals surface area contributed by atoms with Crippen LogP contribution in [0, 0.1) is 0 Å². The summed E-state index contributed by atoms with van der Waals surface area (Å²) in [6, 6.07) is 7.90. The minimum Gasteiger partial charge on any atom is -0.478 e. The molecule has 2 nitrogen and oxygen atoms in total. The van der Waals surface area contributed by atoms with Crippen molar-refractivity contribution < 1.29 is 4.74 Å². The number of halogens is 1. The summed E-state index contributed by atoms with van der Waals surface area (Å²) in [4.78, 5) is 2.22. The molecule has 0 radical (unpaired) electrons. The molecule has 1 rings (SSSR count). The standard InChI is InChI=1S/C11H16BrNO/c1-3-13(4-2)9-14-11-7-5-10(12)6-8-11/h5-8H,3-4,9H2,1-2H3. The van der Waals surface area contributed by atoms with Crippen LogP contribution in [0.15, 0.2) is 28.7 Å². The normalized spacial score (nSPS) is 10.6. The Morgan fingerprint density at radius 1 is 1.14 bits per heavy atom. The molecule has 0 saturated carbocycles. The van der Waals surface area contributed by atoms with Gasteiger partial charge in [-0.15, -0.1) is 0 Å². The van der Waals surface area contributed by atoms with E-state index in [-0.39, 0.29) is 0 Å². The summed E-state index contributed by atoms with van der Waals surface area (Å²) in [5, 5.41) is 0. The molecule has 0 fully saturated rings. The lowest BCUT2D eigenvalue weighted by Gasteiger charge is -2.18. The summed E-state index contributed by atoms with van der Waals surface area (Å²) >= 11 is 3.39. The molecule has 1 aromatic carbocycles. The van der Waals surface area contributed by atoms with Crippen LogP contribution in [0.25, 0.3) is 0 Å². The molecule has 0 aromatic heterocycles. The molecular weight excluding hydrogens is 242 g/mol. The van der Waals surface area contributed by atoms with Gasteiger partial charge in [0.1, 0.15) is 12.5 Å². The molecule has 1 aromatic rings. The van der Waals surface area contributed by atoms with Crippen LogP contribution in [0.3, 0.4) is 0 Å². The maximum absolute atomic E-state index is 5.61. The monoisotopic (exact) mass is 257 g/mol. The van der Waals surface area contributed by atoms with Gasteiger partial charge < -0.3 is 4.74 Å². The molecule has 14 heavy (non-hydrogen) atoms. The third-order valence-corrected chi connectivity index (χ3v) is 2.65. The minimum atomic E-state index is 0.661. The average molecular weight is 258 g/mol. The van der Waals surface area contributed by atoms with Crippen LogP contribution in [0.4, 0.5) is 0 Å². The van der Waals surface area contributed by atoms with E-state index in [1.807, 2.05) is 24.3 Å². The number of benzene rings is 1. The Morgan fingerprint density at radius 3 is 2.21 bits per heavy atom. The van der Waals surface area contributed by atoms with Gasteiger partial charge in [-0.05, 0) is 37.4 Å². The van der Waals surface area contributed by atoms with Crippen molar-refractivity contribution in [1.29, 1.82) is 0 Å². The van der Waals surface area contributed by atoms with Crippen molar-refractivity contribution >= 4 is 15.9 Å². The Labute approximate surface area is 94.0 Å². The first-order chi connectivity index (χ1) is 6.76. The van der Waals surface area contributed by atoms with Gasteiger partial charge in [-0.25, -0.2) is 0 Å². The van der Waals surface area contributed by atoms with E-state index < -0.39 is 0 Å². The molecule has 0 aliphatic heterocycles. The van der Waals surface area contributed by atoms with Crippen LogP contribution in [-0.2, 0) is 0 Å². The summed E-state index contributed by atoms with van der Waals surface area (Å²) < 4.78 is 6.69. The Hall–Kier alpha value is -0.540. The highest BCUT2D eigenvalue weighted by molar-refractivity contribution is 9.10. The van der Waals surface area contributed by atoms with Gasteiger partial charge in [-0.3, -0.25) is 4.90 Å². The fourth-order valence-corrected chi connectivity index (χ4v) is 1.37. The Kier molecular flexibility index (Phi) is 4.98. The second-order valence-corrected chi connectivity index (χ2v) is 3.95. The lowest BCUT2D eigenvalue weighted by Crippen LogP contribution is -2.27. The van der Waals surface area contributed by atoms with Crippen LogP contribution in [0.5, 0.6) is 5.75 Å². The maximum atomic E-state index is 5.61. The molecule has 0 unspecified atom stereocenters. The van der Waals surface area contributed by atoms with Gasteiger partial charge in [-0.2, -0.15) is 0 Å². The van der Waals surface area contributed by atoms with Gasteiger partial charge in [0.2, 0.25) is 0 Å². The highest BCUT2D eigenvalue weighted by Crippen LogP contribution is 2.16. The highest BCUT2D eigenvalue weighted by Gasteiger charge is 1.99. The van der Waals surface area contributed by atoms with Gasteiger partial charge in [0.25, 0.3) is 0 Å². The first kappa shape index (κ1) is 11.5. The molecule has 0 spiro atoms. The third kappa shape index (κ3) is 3.68. The predicted molar refractivity (Wildman–Crippen MR) is 62.6 cm³/mol. The first-order valence-corrected chi connectivity index (χ1v) is 5.66. The molecule has 0 N–H and O–H groups in total. The predicted octanol–water partition coefficient (Wildman–Crippen LogP) is 3.13. The van der Waals surface area contributed by atoms with Crippen molar-refractivity contribution in [2.24, 2.45) is 0 Å². The maximum Gasteiger partial charge on any atom is 0.142 e. The number of hydrogen-bond donors (Lipinski definition) is 0. The van der Waals surface area contributed by atoms with Crippen molar-refractivity contribution in [2.75, 3.05) is 19.8 Å². The van der Waals surface area contributed by atoms with Gasteiger partial charge in [-0.1, -0.05) is 29.8 Å². The Balaban J connectivity index is 2.41. The third-order valence-electron chi connectivity index (χ3n) is 2.12. The second kappa shape index (κ2) is 6.04. The van der Waals surface area contributed by atoms with E-state index in [0.717, 1.165) is 23.3 Å².